The Kier molecular flexibility index (Phi) is 3.87. The van der Waals surface area contributed by atoms with Gasteiger partial charge >= 0.3 is 0 Å². The minimum Gasteiger partial charge on any atom is -0.340 e. The van der Waals surface area contributed by atoms with Crippen LogP contribution in [-0.2, 0) is 9.59 Å². The molecule has 1 aliphatic heterocycles. The maximum absolute atomic E-state index is 12.5. The van der Waals surface area contributed by atoms with Gasteiger partial charge < -0.3 is 10.2 Å². The molecule has 2 rings (SSSR count). The molecule has 0 aromatic carbocycles. The Morgan fingerprint density at radius 2 is 2.21 bits per heavy atom. The first kappa shape index (κ1) is 14.3. The van der Waals surface area contributed by atoms with Crippen LogP contribution in [0.2, 0.25) is 4.34 Å². The summed E-state index contributed by atoms with van der Waals surface area (Å²) >= 11 is 7.37. The summed E-state index contributed by atoms with van der Waals surface area (Å²) in [5, 5.41) is 2.78. The fourth-order valence-electron chi connectivity index (χ4n) is 2.20. The number of amides is 2. The van der Waals surface area contributed by atoms with Crippen LogP contribution < -0.4 is 5.32 Å². The predicted octanol–water partition coefficient (Wildman–Crippen LogP) is 2.59. The van der Waals surface area contributed by atoms with Crippen LogP contribution >= 0.6 is 22.9 Å². The second-order valence-electron chi connectivity index (χ2n) is 4.98. The van der Waals surface area contributed by atoms with Gasteiger partial charge in [0, 0.05) is 4.88 Å². The van der Waals surface area contributed by atoms with Crippen molar-refractivity contribution in [2.45, 2.75) is 38.8 Å². The first-order valence-electron chi connectivity index (χ1n) is 6.24. The zero-order valence-corrected chi connectivity index (χ0v) is 12.8. The zero-order chi connectivity index (χ0) is 14.2. The zero-order valence-electron chi connectivity index (χ0n) is 11.2. The summed E-state index contributed by atoms with van der Waals surface area (Å²) in [6.45, 7) is 5.70. The summed E-state index contributed by atoms with van der Waals surface area (Å²) in [7, 11) is 0. The number of hydrogen-bond donors (Lipinski definition) is 1. The lowest BCUT2D eigenvalue weighted by Crippen LogP contribution is -2.65. The normalized spacial score (nSPS) is 25.4. The Bertz CT molecular complexity index is 516. The Hall–Kier alpha value is -1.07. The second-order valence-corrected chi connectivity index (χ2v) is 6.73. The third-order valence-corrected chi connectivity index (χ3v) is 5.04. The third-order valence-electron chi connectivity index (χ3n) is 3.64. The summed E-state index contributed by atoms with van der Waals surface area (Å²) in [4.78, 5) is 27.0. The second kappa shape index (κ2) is 5.13. The lowest BCUT2D eigenvalue weighted by Gasteiger charge is -2.41. The van der Waals surface area contributed by atoms with Gasteiger partial charge in [-0.25, -0.2) is 0 Å². The Morgan fingerprint density at radius 1 is 1.53 bits per heavy atom. The molecule has 2 amide bonds. The molecule has 19 heavy (non-hydrogen) atoms. The van der Waals surface area contributed by atoms with E-state index in [1.54, 1.807) is 11.8 Å². The van der Waals surface area contributed by atoms with Crippen LogP contribution in [0.25, 0.3) is 0 Å². The fraction of sp³-hybridized carbons (Fsp3) is 0.538. The maximum atomic E-state index is 12.5. The van der Waals surface area contributed by atoms with E-state index >= 15 is 0 Å². The molecule has 0 radical (unpaired) electrons. The van der Waals surface area contributed by atoms with Crippen molar-refractivity contribution in [1.29, 1.82) is 0 Å². The number of nitrogens with zero attached hydrogens (tertiary/aromatic N) is 1. The quantitative estimate of drug-likeness (QED) is 0.933. The number of carbonyl (C=O) groups excluding carboxylic acids is 2. The van der Waals surface area contributed by atoms with E-state index in [0.717, 1.165) is 4.88 Å². The van der Waals surface area contributed by atoms with E-state index in [1.807, 2.05) is 26.0 Å². The third kappa shape index (κ3) is 2.62. The van der Waals surface area contributed by atoms with Gasteiger partial charge in [0.2, 0.25) is 11.8 Å². The molecular weight excluding hydrogens is 284 g/mol. The van der Waals surface area contributed by atoms with Crippen molar-refractivity contribution < 1.29 is 9.59 Å². The number of rotatable bonds is 3. The van der Waals surface area contributed by atoms with Gasteiger partial charge in [0.25, 0.3) is 0 Å². The minimum absolute atomic E-state index is 0.0355. The molecule has 0 bridgehead atoms. The lowest BCUT2D eigenvalue weighted by atomic mass is 9.93. The predicted molar refractivity (Wildman–Crippen MR) is 76.3 cm³/mol. The van der Waals surface area contributed by atoms with Gasteiger partial charge in [-0.15, -0.1) is 11.3 Å². The van der Waals surface area contributed by atoms with E-state index < -0.39 is 5.54 Å². The standard InChI is InChI=1S/C13H17ClN2O2S/c1-4-13(3)12(18)16(7-11(17)15-13)8(2)9-5-6-10(14)19-9/h5-6,8H,4,7H2,1-3H3,(H,15,17). The molecule has 0 aliphatic carbocycles. The first-order chi connectivity index (χ1) is 8.87. The van der Waals surface area contributed by atoms with Gasteiger partial charge in [-0.05, 0) is 32.4 Å². The van der Waals surface area contributed by atoms with Crippen LogP contribution in [0.1, 0.15) is 38.1 Å². The van der Waals surface area contributed by atoms with E-state index in [4.69, 9.17) is 11.6 Å². The Morgan fingerprint density at radius 3 is 2.74 bits per heavy atom. The van der Waals surface area contributed by atoms with Crippen LogP contribution in [0.4, 0.5) is 0 Å². The number of piperazine rings is 1. The van der Waals surface area contributed by atoms with Crippen LogP contribution in [0.5, 0.6) is 0 Å². The van der Waals surface area contributed by atoms with Crippen molar-refractivity contribution in [1.82, 2.24) is 10.2 Å². The average molecular weight is 301 g/mol. The Labute approximate surface area is 121 Å². The number of halogens is 1. The summed E-state index contributed by atoms with van der Waals surface area (Å²) in [5.74, 6) is -0.148. The van der Waals surface area contributed by atoms with Gasteiger partial charge in [-0.2, -0.15) is 0 Å². The van der Waals surface area contributed by atoms with E-state index in [1.165, 1.54) is 11.3 Å². The molecule has 2 unspecified atom stereocenters. The molecule has 104 valence electrons. The minimum atomic E-state index is -0.801. The summed E-state index contributed by atoms with van der Waals surface area (Å²) in [6.07, 6.45) is 0.575. The van der Waals surface area contributed by atoms with Crippen molar-refractivity contribution in [2.75, 3.05) is 6.54 Å². The topological polar surface area (TPSA) is 49.4 Å². The van der Waals surface area contributed by atoms with Crippen molar-refractivity contribution in [3.63, 3.8) is 0 Å². The molecule has 6 heteroatoms. The number of nitrogens with one attached hydrogen (secondary N) is 1. The number of hydrogen-bond acceptors (Lipinski definition) is 3. The SMILES string of the molecule is CCC1(C)NC(=O)CN(C(C)c2ccc(Cl)s2)C1=O. The molecule has 1 fully saturated rings. The molecule has 1 aromatic rings. The van der Waals surface area contributed by atoms with Crippen LogP contribution in [0.15, 0.2) is 12.1 Å². The van der Waals surface area contributed by atoms with E-state index in [-0.39, 0.29) is 24.4 Å². The molecule has 2 heterocycles. The molecule has 4 nitrogen and oxygen atoms in total. The average Bonchev–Trinajstić information content (AvgIpc) is 2.79. The highest BCUT2D eigenvalue weighted by atomic mass is 35.5. The smallest absolute Gasteiger partial charge is 0.249 e. The van der Waals surface area contributed by atoms with Crippen molar-refractivity contribution >= 4 is 34.8 Å². The first-order valence-corrected chi connectivity index (χ1v) is 7.44. The maximum Gasteiger partial charge on any atom is 0.249 e. The van der Waals surface area contributed by atoms with Crippen molar-refractivity contribution in [3.05, 3.63) is 21.3 Å². The highest BCUT2D eigenvalue weighted by Crippen LogP contribution is 2.32. The molecular formula is C13H17ClN2O2S. The fourth-order valence-corrected chi connectivity index (χ4v) is 3.33. The Balaban J connectivity index is 2.28. The molecule has 1 aromatic heterocycles. The van der Waals surface area contributed by atoms with Crippen LogP contribution in [-0.4, -0.2) is 28.8 Å². The largest absolute Gasteiger partial charge is 0.340 e. The van der Waals surface area contributed by atoms with Crippen LogP contribution in [0.3, 0.4) is 0 Å². The van der Waals surface area contributed by atoms with E-state index in [2.05, 4.69) is 5.32 Å². The molecule has 1 aliphatic rings. The van der Waals surface area contributed by atoms with Crippen molar-refractivity contribution in [2.24, 2.45) is 0 Å². The van der Waals surface area contributed by atoms with Crippen LogP contribution in [0, 0.1) is 0 Å². The summed E-state index contributed by atoms with van der Waals surface area (Å²) in [6, 6.07) is 3.58. The van der Waals surface area contributed by atoms with Gasteiger partial charge in [0.15, 0.2) is 0 Å². The lowest BCUT2D eigenvalue weighted by molar-refractivity contribution is -0.151. The molecule has 1 saturated heterocycles. The molecule has 2 atom stereocenters. The highest BCUT2D eigenvalue weighted by Gasteiger charge is 2.43. The van der Waals surface area contributed by atoms with E-state index in [0.29, 0.717) is 10.8 Å². The molecule has 1 N–H and O–H groups in total. The summed E-state index contributed by atoms with van der Waals surface area (Å²) < 4.78 is 0.689. The highest BCUT2D eigenvalue weighted by molar-refractivity contribution is 7.16. The van der Waals surface area contributed by atoms with Gasteiger partial charge in [-0.1, -0.05) is 18.5 Å². The number of carbonyl (C=O) groups is 2. The number of thiophene rings is 1. The van der Waals surface area contributed by atoms with Gasteiger partial charge in [0.05, 0.1) is 10.4 Å². The summed E-state index contributed by atoms with van der Waals surface area (Å²) in [5.41, 5.74) is -0.801. The monoisotopic (exact) mass is 300 g/mol. The van der Waals surface area contributed by atoms with Gasteiger partial charge in [-0.3, -0.25) is 9.59 Å². The molecule has 0 saturated carbocycles. The molecule has 0 spiro atoms. The van der Waals surface area contributed by atoms with Crippen molar-refractivity contribution in [3.8, 4) is 0 Å². The van der Waals surface area contributed by atoms with E-state index in [9.17, 15) is 9.59 Å². The van der Waals surface area contributed by atoms with Gasteiger partial charge in [0.1, 0.15) is 12.1 Å².